The Bertz CT molecular complexity index is 295. The Morgan fingerprint density at radius 1 is 1.23 bits per heavy atom. The summed E-state index contributed by atoms with van der Waals surface area (Å²) < 4.78 is 0. The fraction of sp³-hybridized carbons (Fsp3) is 0.400. The fourth-order valence-corrected chi connectivity index (χ4v) is 0.933. The van der Waals surface area contributed by atoms with E-state index in [0.29, 0.717) is 0 Å². The van der Waals surface area contributed by atoms with Crippen LogP contribution in [0.1, 0.15) is 25.0 Å². The molecule has 1 aromatic carbocycles. The molecule has 3 nitrogen and oxygen atoms in total. The van der Waals surface area contributed by atoms with Gasteiger partial charge in [-0.1, -0.05) is 26.0 Å². The first-order valence-corrected chi connectivity index (χ1v) is 4.33. The average molecular weight is 181 g/mol. The molecule has 0 aliphatic heterocycles. The maximum Gasteiger partial charge on any atom is 0.272 e. The van der Waals surface area contributed by atoms with Crippen LogP contribution in [0.3, 0.4) is 0 Å². The van der Waals surface area contributed by atoms with Gasteiger partial charge in [-0.3, -0.25) is 10.1 Å². The molecule has 1 rings (SSSR count). The Morgan fingerprint density at radius 3 is 2.15 bits per heavy atom. The maximum atomic E-state index is 10.4. The number of hydrogen-bond donors (Lipinski definition) is 0. The highest BCUT2D eigenvalue weighted by atomic mass is 16.6. The van der Waals surface area contributed by atoms with Crippen molar-refractivity contribution in [2.24, 2.45) is 0 Å². The summed E-state index contributed by atoms with van der Waals surface area (Å²) in [6, 6.07) is 5.07. The third-order valence-corrected chi connectivity index (χ3v) is 1.77. The second-order valence-corrected chi connectivity index (χ2v) is 2.48. The van der Waals surface area contributed by atoms with E-state index in [2.05, 4.69) is 0 Å². The van der Waals surface area contributed by atoms with Gasteiger partial charge < -0.3 is 0 Å². The van der Waals surface area contributed by atoms with Gasteiger partial charge in [0.05, 0.1) is 4.92 Å². The molecule has 0 bridgehead atoms. The smallest absolute Gasteiger partial charge is 0.258 e. The zero-order chi connectivity index (χ0) is 10.4. The zero-order valence-corrected chi connectivity index (χ0v) is 8.50. The van der Waals surface area contributed by atoms with Crippen molar-refractivity contribution in [3.05, 3.63) is 39.4 Å². The SMILES string of the molecule is CC.Cc1cccc([N+](=O)[O-])c1C. The molecule has 0 amide bonds. The standard InChI is InChI=1S/C8H9NO2.C2H6/c1-6-4-3-5-8(7(6)2)9(10)11;1-2/h3-5H,1-2H3;1-2H3. The normalized spacial score (nSPS) is 8.62. The van der Waals surface area contributed by atoms with Crippen LogP contribution in [0.2, 0.25) is 0 Å². The molecule has 0 aliphatic carbocycles. The first-order chi connectivity index (χ1) is 6.13. The van der Waals surface area contributed by atoms with Crippen molar-refractivity contribution in [2.75, 3.05) is 0 Å². The predicted molar refractivity (Wildman–Crippen MR) is 53.9 cm³/mol. The monoisotopic (exact) mass is 181 g/mol. The molecule has 13 heavy (non-hydrogen) atoms. The number of hydrogen-bond acceptors (Lipinski definition) is 2. The fourth-order valence-electron chi connectivity index (χ4n) is 0.933. The highest BCUT2D eigenvalue weighted by molar-refractivity contribution is 5.43. The van der Waals surface area contributed by atoms with E-state index in [0.717, 1.165) is 11.1 Å². The van der Waals surface area contributed by atoms with Gasteiger partial charge >= 0.3 is 0 Å². The summed E-state index contributed by atoms with van der Waals surface area (Å²) in [6.45, 7) is 7.62. The first-order valence-electron chi connectivity index (χ1n) is 4.33. The Labute approximate surface area is 78.5 Å². The van der Waals surface area contributed by atoms with Crippen molar-refractivity contribution in [3.63, 3.8) is 0 Å². The lowest BCUT2D eigenvalue weighted by Gasteiger charge is -1.98. The van der Waals surface area contributed by atoms with Crippen LogP contribution in [0.5, 0.6) is 0 Å². The van der Waals surface area contributed by atoms with Crippen LogP contribution >= 0.6 is 0 Å². The van der Waals surface area contributed by atoms with E-state index < -0.39 is 0 Å². The molecule has 72 valence electrons. The lowest BCUT2D eigenvalue weighted by Crippen LogP contribution is -1.92. The molecule has 0 aliphatic rings. The lowest BCUT2D eigenvalue weighted by atomic mass is 10.1. The second-order valence-electron chi connectivity index (χ2n) is 2.48. The van der Waals surface area contributed by atoms with Crippen LogP contribution in [-0.2, 0) is 0 Å². The molecule has 0 unspecified atom stereocenters. The molecule has 0 aromatic heterocycles. The van der Waals surface area contributed by atoms with Gasteiger partial charge in [0.1, 0.15) is 0 Å². The van der Waals surface area contributed by atoms with Crippen LogP contribution in [-0.4, -0.2) is 4.92 Å². The van der Waals surface area contributed by atoms with Gasteiger partial charge in [0.25, 0.3) is 5.69 Å². The molecule has 3 heteroatoms. The van der Waals surface area contributed by atoms with Gasteiger partial charge in [-0.25, -0.2) is 0 Å². The van der Waals surface area contributed by atoms with E-state index in [-0.39, 0.29) is 10.6 Å². The van der Waals surface area contributed by atoms with Gasteiger partial charge in [0.2, 0.25) is 0 Å². The van der Waals surface area contributed by atoms with E-state index in [1.165, 1.54) is 6.07 Å². The molecular formula is C10H15NO2. The summed E-state index contributed by atoms with van der Waals surface area (Å²) >= 11 is 0. The van der Waals surface area contributed by atoms with Crippen LogP contribution < -0.4 is 0 Å². The van der Waals surface area contributed by atoms with Gasteiger partial charge in [-0.15, -0.1) is 0 Å². The Kier molecular flexibility index (Phi) is 4.74. The molecule has 0 saturated carbocycles. The highest BCUT2D eigenvalue weighted by Crippen LogP contribution is 2.19. The van der Waals surface area contributed by atoms with E-state index in [1.807, 2.05) is 26.8 Å². The second kappa shape index (κ2) is 5.30. The van der Waals surface area contributed by atoms with Crippen molar-refractivity contribution in [1.29, 1.82) is 0 Å². The van der Waals surface area contributed by atoms with E-state index in [4.69, 9.17) is 0 Å². The van der Waals surface area contributed by atoms with Gasteiger partial charge in [-0.2, -0.15) is 0 Å². The molecular weight excluding hydrogens is 166 g/mol. The lowest BCUT2D eigenvalue weighted by molar-refractivity contribution is -0.385. The number of aryl methyl sites for hydroxylation is 1. The molecule has 0 saturated heterocycles. The third-order valence-electron chi connectivity index (χ3n) is 1.77. The minimum Gasteiger partial charge on any atom is -0.258 e. The largest absolute Gasteiger partial charge is 0.272 e. The Hall–Kier alpha value is -1.38. The van der Waals surface area contributed by atoms with Crippen molar-refractivity contribution in [3.8, 4) is 0 Å². The zero-order valence-electron chi connectivity index (χ0n) is 8.50. The summed E-state index contributed by atoms with van der Waals surface area (Å²) in [5, 5.41) is 10.4. The predicted octanol–water partition coefficient (Wildman–Crippen LogP) is 3.24. The minimum absolute atomic E-state index is 0.199. The molecule has 0 atom stereocenters. The molecule has 0 spiro atoms. The van der Waals surface area contributed by atoms with Crippen molar-refractivity contribution >= 4 is 5.69 Å². The first kappa shape index (κ1) is 11.6. The summed E-state index contributed by atoms with van der Waals surface area (Å²) in [7, 11) is 0. The van der Waals surface area contributed by atoms with Gasteiger partial charge in [0, 0.05) is 11.6 Å². The maximum absolute atomic E-state index is 10.4. The van der Waals surface area contributed by atoms with Crippen molar-refractivity contribution in [1.82, 2.24) is 0 Å². The third kappa shape index (κ3) is 2.86. The number of rotatable bonds is 1. The minimum atomic E-state index is -0.359. The molecule has 0 fully saturated rings. The van der Waals surface area contributed by atoms with Crippen LogP contribution in [0, 0.1) is 24.0 Å². The summed E-state index contributed by atoms with van der Waals surface area (Å²) in [5.41, 5.74) is 1.90. The van der Waals surface area contributed by atoms with Crippen LogP contribution in [0.4, 0.5) is 5.69 Å². The van der Waals surface area contributed by atoms with Gasteiger partial charge in [0.15, 0.2) is 0 Å². The summed E-state index contributed by atoms with van der Waals surface area (Å²) in [5.74, 6) is 0. The van der Waals surface area contributed by atoms with E-state index in [1.54, 1.807) is 13.0 Å². The summed E-state index contributed by atoms with van der Waals surface area (Å²) in [6.07, 6.45) is 0. The quantitative estimate of drug-likeness (QED) is 0.493. The van der Waals surface area contributed by atoms with Crippen molar-refractivity contribution in [2.45, 2.75) is 27.7 Å². The summed E-state index contributed by atoms with van der Waals surface area (Å²) in [4.78, 5) is 10.0. The molecule has 0 radical (unpaired) electrons. The van der Waals surface area contributed by atoms with Gasteiger partial charge in [-0.05, 0) is 19.4 Å². The van der Waals surface area contributed by atoms with Crippen LogP contribution in [0.25, 0.3) is 0 Å². The number of nitro benzene ring substituents is 1. The van der Waals surface area contributed by atoms with Crippen molar-refractivity contribution < 1.29 is 4.92 Å². The average Bonchev–Trinajstić information content (AvgIpc) is 2.13. The number of nitro groups is 1. The van der Waals surface area contributed by atoms with Crippen LogP contribution in [0.15, 0.2) is 18.2 Å². The Morgan fingerprint density at radius 2 is 1.77 bits per heavy atom. The van der Waals surface area contributed by atoms with E-state index >= 15 is 0 Å². The molecule has 0 N–H and O–H groups in total. The number of benzene rings is 1. The topological polar surface area (TPSA) is 43.1 Å². The number of nitrogens with zero attached hydrogens (tertiary/aromatic N) is 1. The molecule has 1 aromatic rings. The van der Waals surface area contributed by atoms with E-state index in [9.17, 15) is 10.1 Å². The highest BCUT2D eigenvalue weighted by Gasteiger charge is 2.09. The molecule has 0 heterocycles. The Balaban J connectivity index is 0.000000671.